The predicted octanol–water partition coefficient (Wildman–Crippen LogP) is 9.04. The lowest BCUT2D eigenvalue weighted by Crippen LogP contribution is -2.50. The molecule has 11 nitrogen and oxygen atoms in total. The molecule has 0 bridgehead atoms. The Labute approximate surface area is 294 Å². The first-order valence-electron chi connectivity index (χ1n) is 15.9. The number of hydrogen-bond acceptors (Lipinski definition) is 10. The number of amides is 3. The van der Waals surface area contributed by atoms with Gasteiger partial charge in [-0.3, -0.25) is 0 Å². The van der Waals surface area contributed by atoms with Gasteiger partial charge in [0.1, 0.15) is 33.1 Å². The molecule has 1 saturated heterocycles. The number of halogens is 2. The molecule has 262 valence electrons. The summed E-state index contributed by atoms with van der Waals surface area (Å²) in [6.07, 6.45) is -2.39. The molecule has 0 radical (unpaired) electrons. The number of carbonyl (C=O) groups is 3. The summed E-state index contributed by atoms with van der Waals surface area (Å²) in [5.74, 6) is -0.796. The highest BCUT2D eigenvalue weighted by Gasteiger charge is 2.35. The molecule has 0 N–H and O–H groups in total. The largest absolute Gasteiger partial charge is 0.444 e. The van der Waals surface area contributed by atoms with Crippen molar-refractivity contribution in [2.24, 2.45) is 0 Å². The molecule has 14 heteroatoms. The molecule has 1 aliphatic rings. The smallest absolute Gasteiger partial charge is 0.425 e. The van der Waals surface area contributed by atoms with E-state index in [1.807, 2.05) is 20.8 Å². The van der Waals surface area contributed by atoms with Crippen molar-refractivity contribution in [2.45, 2.75) is 79.1 Å². The van der Waals surface area contributed by atoms with Gasteiger partial charge in [0.05, 0.1) is 10.5 Å². The Morgan fingerprint density at radius 3 is 1.98 bits per heavy atom. The van der Waals surface area contributed by atoms with Crippen molar-refractivity contribution in [2.75, 3.05) is 36.0 Å². The number of piperazine rings is 1. The number of ether oxygens (including phenoxy) is 3. The van der Waals surface area contributed by atoms with Gasteiger partial charge in [0.15, 0.2) is 5.82 Å². The summed E-state index contributed by atoms with van der Waals surface area (Å²) in [6, 6.07) is 10.0. The second kappa shape index (κ2) is 13.2. The summed E-state index contributed by atoms with van der Waals surface area (Å²) >= 11 is 8.05. The van der Waals surface area contributed by atoms with Crippen LogP contribution in [-0.2, 0) is 14.2 Å². The van der Waals surface area contributed by atoms with Crippen LogP contribution in [0.4, 0.5) is 29.6 Å². The monoisotopic (exact) mass is 713 g/mol. The average Bonchev–Trinajstić information content (AvgIpc) is 3.38. The number of fused-ring (bicyclic) bond motifs is 2. The maximum Gasteiger partial charge on any atom is 0.425 e. The van der Waals surface area contributed by atoms with Crippen LogP contribution in [0.1, 0.15) is 62.3 Å². The van der Waals surface area contributed by atoms with Crippen LogP contribution in [0.5, 0.6) is 0 Å². The van der Waals surface area contributed by atoms with Crippen molar-refractivity contribution < 1.29 is 33.0 Å². The van der Waals surface area contributed by atoms with E-state index in [0.29, 0.717) is 52.9 Å². The lowest BCUT2D eigenvalue weighted by Gasteiger charge is -2.36. The highest BCUT2D eigenvalue weighted by atomic mass is 35.5. The van der Waals surface area contributed by atoms with Gasteiger partial charge < -0.3 is 24.0 Å². The van der Waals surface area contributed by atoms with E-state index in [2.05, 4.69) is 14.3 Å². The zero-order valence-corrected chi connectivity index (χ0v) is 30.7. The first kappa shape index (κ1) is 36.1. The van der Waals surface area contributed by atoms with E-state index < -0.39 is 34.8 Å². The minimum atomic E-state index is -1.01. The number of anilines is 2. The highest BCUT2D eigenvalue weighted by molar-refractivity contribution is 7.11. The molecule has 0 atom stereocenters. The lowest BCUT2D eigenvalue weighted by molar-refractivity contribution is 0.0239. The summed E-state index contributed by atoms with van der Waals surface area (Å²) in [4.78, 5) is 48.5. The summed E-state index contributed by atoms with van der Waals surface area (Å²) in [5.41, 5.74) is -1.66. The zero-order chi connectivity index (χ0) is 36.1. The molecule has 0 spiro atoms. The Morgan fingerprint density at radius 1 is 0.837 bits per heavy atom. The minimum absolute atomic E-state index is 0.0361. The van der Waals surface area contributed by atoms with E-state index >= 15 is 4.39 Å². The zero-order valence-electron chi connectivity index (χ0n) is 29.1. The Kier molecular flexibility index (Phi) is 9.74. The Hall–Kier alpha value is -4.23. The van der Waals surface area contributed by atoms with Crippen molar-refractivity contribution in [1.82, 2.24) is 14.3 Å². The van der Waals surface area contributed by atoms with E-state index in [0.717, 1.165) is 16.5 Å². The first-order valence-corrected chi connectivity index (χ1v) is 17.0. The molecule has 5 rings (SSSR count). The number of nitrogens with zero attached hydrogens (tertiary/aromatic N) is 5. The maximum atomic E-state index is 16.7. The molecule has 0 aliphatic carbocycles. The van der Waals surface area contributed by atoms with Gasteiger partial charge in [0, 0.05) is 42.5 Å². The second-order valence-corrected chi connectivity index (χ2v) is 15.9. The summed E-state index contributed by atoms with van der Waals surface area (Å²) in [7, 11) is 0. The third kappa shape index (κ3) is 8.16. The van der Waals surface area contributed by atoms with Gasteiger partial charge in [0.2, 0.25) is 0 Å². The fraction of sp³-hybridized carbons (Fsp3) is 0.457. The Balaban J connectivity index is 1.57. The molecule has 3 heterocycles. The van der Waals surface area contributed by atoms with Crippen LogP contribution in [0.15, 0.2) is 36.4 Å². The topological polar surface area (TPSA) is 114 Å². The van der Waals surface area contributed by atoms with Crippen LogP contribution < -0.4 is 9.80 Å². The number of carbonyl (C=O) groups excluding carboxylic acids is 3. The quantitative estimate of drug-likeness (QED) is 0.192. The lowest BCUT2D eigenvalue weighted by atomic mass is 9.98. The molecular weight excluding hydrogens is 673 g/mol. The van der Waals surface area contributed by atoms with Crippen LogP contribution in [0.2, 0.25) is 5.02 Å². The standard InChI is InChI=1S/C35H41ClFN5O6S/c1-33(2,3)46-30(43)41-16-14-40(15-17-41)29-22-18-23(36)26(27(37)28(22)39-49-29)21-19-25(38-24-13-11-10-12-20(21)24)42(31(44)47-34(4,5)6)32(45)48-35(7,8)9/h10-13,18-19H,14-17H2,1-9H3. The van der Waals surface area contributed by atoms with E-state index in [4.69, 9.17) is 25.8 Å². The SMILES string of the molecule is CC(C)(C)OC(=O)N1CCN(c2snc3c(F)c(-c4cc(N(C(=O)OC(C)(C)C)C(=O)OC(C)(C)C)nc5ccccc45)c(Cl)cc23)CC1. The van der Waals surface area contributed by atoms with Crippen molar-refractivity contribution in [3.8, 4) is 11.1 Å². The summed E-state index contributed by atoms with van der Waals surface area (Å²) in [6.45, 7) is 17.4. The number of hydrogen-bond donors (Lipinski definition) is 0. The van der Waals surface area contributed by atoms with Crippen LogP contribution in [-0.4, -0.2) is 75.5 Å². The average molecular weight is 714 g/mol. The second-order valence-electron chi connectivity index (χ2n) is 14.7. The Bertz CT molecular complexity index is 1890. The molecule has 1 fully saturated rings. The molecule has 3 amide bonds. The third-order valence-electron chi connectivity index (χ3n) is 7.22. The third-order valence-corrected chi connectivity index (χ3v) is 8.44. The van der Waals surface area contributed by atoms with Crippen LogP contribution >= 0.6 is 23.1 Å². The van der Waals surface area contributed by atoms with Gasteiger partial charge in [-0.05, 0) is 97.6 Å². The number of rotatable bonds is 3. The van der Waals surface area contributed by atoms with Crippen LogP contribution in [0.25, 0.3) is 32.9 Å². The molecule has 0 saturated carbocycles. The number of benzene rings is 2. The molecular formula is C35H41ClFN5O6S. The molecule has 2 aromatic heterocycles. The molecule has 2 aromatic carbocycles. The molecule has 49 heavy (non-hydrogen) atoms. The fourth-order valence-corrected chi connectivity index (χ4v) is 6.45. The van der Waals surface area contributed by atoms with Gasteiger partial charge in [-0.25, -0.2) is 23.8 Å². The van der Waals surface area contributed by atoms with E-state index in [1.165, 1.54) is 6.07 Å². The number of para-hydroxylation sites is 1. The number of imide groups is 1. The van der Waals surface area contributed by atoms with Crippen molar-refractivity contribution in [3.05, 3.63) is 47.2 Å². The van der Waals surface area contributed by atoms with Gasteiger partial charge >= 0.3 is 18.3 Å². The first-order chi connectivity index (χ1) is 22.7. The molecule has 4 aromatic rings. The fourth-order valence-electron chi connectivity index (χ4n) is 5.25. The van der Waals surface area contributed by atoms with Crippen LogP contribution in [0.3, 0.4) is 0 Å². The van der Waals surface area contributed by atoms with Crippen LogP contribution in [0, 0.1) is 5.82 Å². The number of pyridine rings is 1. The van der Waals surface area contributed by atoms with E-state index in [1.54, 1.807) is 76.8 Å². The summed E-state index contributed by atoms with van der Waals surface area (Å²) in [5, 5.41) is 1.90. The van der Waals surface area contributed by atoms with Crippen molar-refractivity contribution >= 4 is 74.0 Å². The van der Waals surface area contributed by atoms with E-state index in [-0.39, 0.29) is 28.0 Å². The van der Waals surface area contributed by atoms with Gasteiger partial charge in [0.25, 0.3) is 0 Å². The van der Waals surface area contributed by atoms with Crippen molar-refractivity contribution in [3.63, 3.8) is 0 Å². The normalized spacial score (nSPS) is 14.3. The molecule has 1 aliphatic heterocycles. The van der Waals surface area contributed by atoms with Gasteiger partial charge in [-0.15, -0.1) is 0 Å². The highest BCUT2D eigenvalue weighted by Crippen LogP contribution is 2.44. The van der Waals surface area contributed by atoms with Gasteiger partial charge in [-0.2, -0.15) is 9.27 Å². The Morgan fingerprint density at radius 2 is 1.41 bits per heavy atom. The number of aromatic nitrogens is 2. The minimum Gasteiger partial charge on any atom is -0.444 e. The maximum absolute atomic E-state index is 16.7. The van der Waals surface area contributed by atoms with E-state index in [9.17, 15) is 14.4 Å². The molecule has 0 unspecified atom stereocenters. The summed E-state index contributed by atoms with van der Waals surface area (Å²) < 4.78 is 37.8. The van der Waals surface area contributed by atoms with Crippen molar-refractivity contribution in [1.29, 1.82) is 0 Å². The van der Waals surface area contributed by atoms with Gasteiger partial charge in [-0.1, -0.05) is 29.8 Å². The predicted molar refractivity (Wildman–Crippen MR) is 190 cm³/mol.